The number of hydrogen-bond acceptors (Lipinski definition) is 7. The van der Waals surface area contributed by atoms with Crippen LogP contribution in [0.3, 0.4) is 0 Å². The van der Waals surface area contributed by atoms with E-state index in [2.05, 4.69) is 0 Å². The Morgan fingerprint density at radius 1 is 0.969 bits per heavy atom. The topological polar surface area (TPSA) is 164 Å². The highest BCUT2D eigenvalue weighted by atomic mass is 32.2. The van der Waals surface area contributed by atoms with Gasteiger partial charge in [0.25, 0.3) is 0 Å². The Bertz CT molecular complexity index is 761. The van der Waals surface area contributed by atoms with E-state index >= 15 is 0 Å². The molecule has 32 heavy (non-hydrogen) atoms. The molecule has 10 heteroatoms. The molecule has 1 amide bonds. The zero-order chi connectivity index (χ0) is 24.1. The van der Waals surface area contributed by atoms with Crippen molar-refractivity contribution in [2.24, 2.45) is 17.4 Å². The Balaban J connectivity index is 2.59. The number of carboxylic acids is 2. The molecule has 178 valence electrons. The molecule has 0 radical (unpaired) electrons. The number of para-hydroxylation sites is 1. The summed E-state index contributed by atoms with van der Waals surface area (Å²) in [6.07, 6.45) is 1.97. The number of aliphatic carboxylic acids is 2. The molecule has 9 nitrogen and oxygen atoms in total. The third-order valence-electron chi connectivity index (χ3n) is 4.93. The lowest BCUT2D eigenvalue weighted by molar-refractivity contribution is -0.138. The van der Waals surface area contributed by atoms with Gasteiger partial charge in [0.1, 0.15) is 6.54 Å². The second-order valence-electron chi connectivity index (χ2n) is 7.55. The average Bonchev–Trinajstić information content (AvgIpc) is 2.77. The molecule has 0 bridgehead atoms. The summed E-state index contributed by atoms with van der Waals surface area (Å²) in [7, 11) is 0. The molecule has 0 aliphatic rings. The van der Waals surface area contributed by atoms with Gasteiger partial charge in [0.15, 0.2) is 5.78 Å². The Morgan fingerprint density at radius 3 is 2.19 bits per heavy atom. The van der Waals surface area contributed by atoms with Crippen molar-refractivity contribution in [3.05, 3.63) is 30.3 Å². The number of thioether (sulfide) groups is 1. The molecule has 0 spiro atoms. The van der Waals surface area contributed by atoms with E-state index in [-0.39, 0.29) is 30.3 Å². The number of Topliss-reactive ketones (excluding diaryl/α,β-unsaturated/α-hetero) is 1. The number of rotatable bonds is 16. The second-order valence-corrected chi connectivity index (χ2v) is 8.70. The summed E-state index contributed by atoms with van der Waals surface area (Å²) < 4.78 is 0. The van der Waals surface area contributed by atoms with Crippen LogP contribution >= 0.6 is 11.8 Å². The zero-order valence-electron chi connectivity index (χ0n) is 18.3. The normalized spacial score (nSPS) is 13.7. The van der Waals surface area contributed by atoms with Gasteiger partial charge in [-0.1, -0.05) is 31.5 Å². The van der Waals surface area contributed by atoms with Gasteiger partial charge in [-0.25, -0.2) is 0 Å². The van der Waals surface area contributed by atoms with Crippen LogP contribution in [0.25, 0.3) is 0 Å². The van der Waals surface area contributed by atoms with Crippen molar-refractivity contribution >= 4 is 41.1 Å². The first-order valence-electron chi connectivity index (χ1n) is 10.6. The molecule has 0 aromatic heterocycles. The Hall–Kier alpha value is -2.43. The number of carboxylic acid groups (broad SMARTS) is 2. The molecule has 0 heterocycles. The van der Waals surface area contributed by atoms with Gasteiger partial charge in [0.2, 0.25) is 5.91 Å². The summed E-state index contributed by atoms with van der Waals surface area (Å²) in [5.41, 5.74) is 12.4. The number of nitrogens with zero attached hydrogens (tertiary/aromatic N) is 1. The predicted molar refractivity (Wildman–Crippen MR) is 125 cm³/mol. The van der Waals surface area contributed by atoms with Crippen LogP contribution in [0.2, 0.25) is 0 Å². The van der Waals surface area contributed by atoms with Crippen molar-refractivity contribution in [3.63, 3.8) is 0 Å². The van der Waals surface area contributed by atoms with E-state index in [0.29, 0.717) is 24.3 Å². The fraction of sp³-hybridized carbons (Fsp3) is 0.545. The van der Waals surface area contributed by atoms with Crippen LogP contribution in [0.1, 0.15) is 39.0 Å². The maximum Gasteiger partial charge on any atom is 0.323 e. The third-order valence-corrected chi connectivity index (χ3v) is 6.05. The number of amides is 1. The molecule has 1 aromatic carbocycles. The van der Waals surface area contributed by atoms with Crippen molar-refractivity contribution in [2.45, 2.75) is 51.1 Å². The lowest BCUT2D eigenvalue weighted by atomic mass is 9.90. The highest BCUT2D eigenvalue weighted by molar-refractivity contribution is 7.99. The van der Waals surface area contributed by atoms with Gasteiger partial charge >= 0.3 is 11.9 Å². The number of hydrogen-bond donors (Lipinski definition) is 4. The van der Waals surface area contributed by atoms with Gasteiger partial charge in [0.05, 0.1) is 12.1 Å². The molecular weight excluding hydrogens is 434 g/mol. The van der Waals surface area contributed by atoms with E-state index in [9.17, 15) is 19.2 Å². The van der Waals surface area contributed by atoms with Gasteiger partial charge in [0, 0.05) is 23.8 Å². The Kier molecular flexibility index (Phi) is 12.6. The van der Waals surface area contributed by atoms with Crippen LogP contribution in [0, 0.1) is 5.92 Å². The molecule has 3 atom stereocenters. The van der Waals surface area contributed by atoms with Crippen molar-refractivity contribution in [2.75, 3.05) is 23.0 Å². The summed E-state index contributed by atoms with van der Waals surface area (Å²) in [5, 5.41) is 17.9. The minimum atomic E-state index is -1.14. The lowest BCUT2D eigenvalue weighted by Crippen LogP contribution is -2.47. The SMILES string of the molecule is CCCC(CCSCC(N)C(=O)N(CC(=O)O)c1ccccc1)C(=O)C(N)CCC(=O)O. The van der Waals surface area contributed by atoms with E-state index in [1.165, 1.54) is 11.8 Å². The summed E-state index contributed by atoms with van der Waals surface area (Å²) in [4.78, 5) is 48.4. The van der Waals surface area contributed by atoms with Crippen LogP contribution in [0.5, 0.6) is 0 Å². The first-order valence-corrected chi connectivity index (χ1v) is 11.7. The summed E-state index contributed by atoms with van der Waals surface area (Å²) in [6, 6.07) is 6.80. The Labute approximate surface area is 192 Å². The van der Waals surface area contributed by atoms with Crippen molar-refractivity contribution in [1.29, 1.82) is 0 Å². The first-order chi connectivity index (χ1) is 15.2. The second kappa shape index (κ2) is 14.6. The standard InChI is InChI=1S/C22H33N3O6S/c1-2-6-15(21(30)17(23)9-10-19(26)27)11-12-32-14-18(24)22(31)25(13-20(28)29)16-7-4-3-5-8-16/h3-5,7-8,15,17-18H,2,6,9-14,23-24H2,1H3,(H,26,27)(H,28,29). The monoisotopic (exact) mass is 467 g/mol. The first kappa shape index (κ1) is 27.6. The Morgan fingerprint density at radius 2 is 1.62 bits per heavy atom. The van der Waals surface area contributed by atoms with Crippen molar-refractivity contribution in [1.82, 2.24) is 0 Å². The number of carbonyl (C=O) groups is 4. The van der Waals surface area contributed by atoms with Crippen LogP contribution in [0.15, 0.2) is 30.3 Å². The van der Waals surface area contributed by atoms with Crippen LogP contribution in [0.4, 0.5) is 5.69 Å². The maximum atomic E-state index is 12.7. The molecule has 6 N–H and O–H groups in total. The molecule has 0 aliphatic heterocycles. The largest absolute Gasteiger partial charge is 0.481 e. The number of nitrogens with two attached hydrogens (primary N) is 2. The molecule has 0 saturated heterocycles. The highest BCUT2D eigenvalue weighted by Gasteiger charge is 2.26. The molecule has 1 rings (SSSR count). The van der Waals surface area contributed by atoms with Crippen LogP contribution in [-0.4, -0.2) is 64.0 Å². The third kappa shape index (κ3) is 9.80. The van der Waals surface area contributed by atoms with E-state index < -0.39 is 36.5 Å². The summed E-state index contributed by atoms with van der Waals surface area (Å²) in [5.74, 6) is -2.15. The van der Waals surface area contributed by atoms with Crippen LogP contribution < -0.4 is 16.4 Å². The number of ketones is 1. The van der Waals surface area contributed by atoms with E-state index in [1.54, 1.807) is 30.3 Å². The van der Waals surface area contributed by atoms with E-state index in [0.717, 1.165) is 11.3 Å². The fourth-order valence-corrected chi connectivity index (χ4v) is 4.26. The molecule has 3 unspecified atom stereocenters. The molecule has 1 aromatic rings. The van der Waals surface area contributed by atoms with Crippen molar-refractivity contribution < 1.29 is 29.4 Å². The summed E-state index contributed by atoms with van der Waals surface area (Å²) in [6.45, 7) is 1.48. The van der Waals surface area contributed by atoms with Gasteiger partial charge in [-0.05, 0) is 37.1 Å². The van der Waals surface area contributed by atoms with Gasteiger partial charge < -0.3 is 21.7 Å². The fourth-order valence-electron chi connectivity index (χ4n) is 3.25. The zero-order valence-corrected chi connectivity index (χ0v) is 19.1. The minimum absolute atomic E-state index is 0.111. The lowest BCUT2D eigenvalue weighted by Gasteiger charge is -2.24. The van der Waals surface area contributed by atoms with Gasteiger partial charge in [-0.15, -0.1) is 0 Å². The molecular formula is C22H33N3O6S. The quantitative estimate of drug-likeness (QED) is 0.265. The smallest absolute Gasteiger partial charge is 0.323 e. The van der Waals surface area contributed by atoms with Gasteiger partial charge in [-0.2, -0.15) is 11.8 Å². The summed E-state index contributed by atoms with van der Waals surface area (Å²) >= 11 is 1.42. The van der Waals surface area contributed by atoms with Crippen LogP contribution in [-0.2, 0) is 19.2 Å². The predicted octanol–water partition coefficient (Wildman–Crippen LogP) is 1.73. The van der Waals surface area contributed by atoms with Crippen molar-refractivity contribution in [3.8, 4) is 0 Å². The number of carbonyl (C=O) groups excluding carboxylic acids is 2. The van der Waals surface area contributed by atoms with Gasteiger partial charge in [-0.3, -0.25) is 24.1 Å². The number of anilines is 1. The molecule has 0 saturated carbocycles. The average molecular weight is 468 g/mol. The highest BCUT2D eigenvalue weighted by Crippen LogP contribution is 2.20. The van der Waals surface area contributed by atoms with E-state index in [1.807, 2.05) is 6.92 Å². The minimum Gasteiger partial charge on any atom is -0.481 e. The van der Waals surface area contributed by atoms with E-state index in [4.69, 9.17) is 21.7 Å². The maximum absolute atomic E-state index is 12.7. The number of benzene rings is 1. The molecule has 0 fully saturated rings. The molecule has 0 aliphatic carbocycles.